The molecule has 0 unspecified atom stereocenters. The van der Waals surface area contributed by atoms with Crippen LogP contribution in [0.4, 0.5) is 5.69 Å². The third-order valence-corrected chi connectivity index (χ3v) is 8.97. The van der Waals surface area contributed by atoms with Crippen molar-refractivity contribution < 1.29 is 18.0 Å². The molecular weight excluding hydrogens is 592 g/mol. The van der Waals surface area contributed by atoms with Crippen molar-refractivity contribution in [3.63, 3.8) is 0 Å². The minimum atomic E-state index is -3.96. The maximum Gasteiger partial charge on any atom is 0.244 e. The van der Waals surface area contributed by atoms with Crippen LogP contribution in [-0.2, 0) is 26.2 Å². The lowest BCUT2D eigenvalue weighted by Crippen LogP contribution is -2.54. The number of halogens is 4. The summed E-state index contributed by atoms with van der Waals surface area (Å²) in [6.07, 6.45) is 6.21. The van der Waals surface area contributed by atoms with E-state index in [1.54, 1.807) is 25.1 Å². The zero-order chi connectivity index (χ0) is 28.0. The van der Waals surface area contributed by atoms with Crippen molar-refractivity contribution in [2.24, 2.45) is 0 Å². The molecule has 1 saturated carbocycles. The van der Waals surface area contributed by atoms with Crippen LogP contribution in [0.25, 0.3) is 0 Å². The van der Waals surface area contributed by atoms with E-state index < -0.39 is 28.5 Å². The van der Waals surface area contributed by atoms with Gasteiger partial charge in [-0.15, -0.1) is 0 Å². The molecule has 2 aromatic rings. The molecule has 1 N–H and O–H groups in total. The van der Waals surface area contributed by atoms with E-state index >= 15 is 0 Å². The third kappa shape index (κ3) is 7.92. The number of hydrogen-bond donors (Lipinski definition) is 1. The lowest BCUT2D eigenvalue weighted by atomic mass is 9.95. The number of carbonyl (C=O) groups is 2. The molecule has 12 heteroatoms. The number of hydrogen-bond acceptors (Lipinski definition) is 4. The maximum absolute atomic E-state index is 13.9. The molecule has 0 spiro atoms. The normalized spacial score (nSPS) is 15.1. The molecule has 0 aromatic heterocycles. The number of benzene rings is 2. The van der Waals surface area contributed by atoms with Gasteiger partial charge in [-0.2, -0.15) is 0 Å². The van der Waals surface area contributed by atoms with Gasteiger partial charge in [0.2, 0.25) is 21.8 Å². The van der Waals surface area contributed by atoms with Gasteiger partial charge in [-0.3, -0.25) is 13.9 Å². The van der Waals surface area contributed by atoms with Crippen molar-refractivity contribution in [1.82, 2.24) is 10.2 Å². The van der Waals surface area contributed by atoms with Crippen LogP contribution in [0.3, 0.4) is 0 Å². The summed E-state index contributed by atoms with van der Waals surface area (Å²) in [7, 11) is -3.96. The van der Waals surface area contributed by atoms with E-state index in [1.165, 1.54) is 23.1 Å². The number of sulfonamides is 1. The number of amides is 2. The topological polar surface area (TPSA) is 86.8 Å². The zero-order valence-electron chi connectivity index (χ0n) is 21.2. The molecule has 0 bridgehead atoms. The van der Waals surface area contributed by atoms with Gasteiger partial charge in [0.05, 0.1) is 17.0 Å². The van der Waals surface area contributed by atoms with Crippen molar-refractivity contribution in [3.05, 3.63) is 62.1 Å². The molecular formula is C26H31Cl4N3O4S. The van der Waals surface area contributed by atoms with Crippen molar-refractivity contribution in [2.45, 2.75) is 64.1 Å². The van der Waals surface area contributed by atoms with Crippen LogP contribution < -0.4 is 9.62 Å². The highest BCUT2D eigenvalue weighted by molar-refractivity contribution is 7.92. The molecule has 0 heterocycles. The molecule has 208 valence electrons. The first-order valence-corrected chi connectivity index (χ1v) is 15.7. The van der Waals surface area contributed by atoms with Crippen LogP contribution >= 0.6 is 46.4 Å². The highest BCUT2D eigenvalue weighted by Crippen LogP contribution is 2.32. The summed E-state index contributed by atoms with van der Waals surface area (Å²) in [4.78, 5) is 28.7. The predicted molar refractivity (Wildman–Crippen MR) is 155 cm³/mol. The Morgan fingerprint density at radius 2 is 1.63 bits per heavy atom. The molecule has 1 aliphatic carbocycles. The van der Waals surface area contributed by atoms with Crippen LogP contribution in [0.2, 0.25) is 20.1 Å². The minimum absolute atomic E-state index is 0.0314. The first-order valence-electron chi connectivity index (χ1n) is 12.4. The second-order valence-corrected chi connectivity index (χ2v) is 12.9. The van der Waals surface area contributed by atoms with Gasteiger partial charge < -0.3 is 10.2 Å². The highest BCUT2D eigenvalue weighted by Gasteiger charge is 2.34. The zero-order valence-corrected chi connectivity index (χ0v) is 25.1. The number of carbonyl (C=O) groups excluding carboxylic acids is 2. The summed E-state index contributed by atoms with van der Waals surface area (Å²) >= 11 is 25.2. The Balaban J connectivity index is 1.99. The maximum atomic E-state index is 13.9. The minimum Gasteiger partial charge on any atom is -0.352 e. The molecule has 38 heavy (non-hydrogen) atoms. The summed E-state index contributed by atoms with van der Waals surface area (Å²) in [5.41, 5.74) is 0.519. The SMILES string of the molecule is CC[C@H](C(=O)NC1CCCCC1)N(Cc1c(Cl)cccc1Cl)C(=O)CN(c1cc(Cl)ccc1Cl)S(C)(=O)=O. The van der Waals surface area contributed by atoms with Crippen molar-refractivity contribution in [3.8, 4) is 0 Å². The highest BCUT2D eigenvalue weighted by atomic mass is 35.5. The number of rotatable bonds is 10. The first kappa shape index (κ1) is 30.8. The van der Waals surface area contributed by atoms with Crippen molar-refractivity contribution >= 4 is 73.9 Å². The monoisotopic (exact) mass is 621 g/mol. The molecule has 0 saturated heterocycles. The van der Waals surface area contributed by atoms with Gasteiger partial charge in [0.1, 0.15) is 12.6 Å². The van der Waals surface area contributed by atoms with Gasteiger partial charge in [0.15, 0.2) is 0 Å². The predicted octanol–water partition coefficient (Wildman–Crippen LogP) is 6.32. The second-order valence-electron chi connectivity index (χ2n) is 9.35. The standard InChI is InChI=1S/C26H31Cl4N3O4S/c1-3-23(26(35)31-18-8-5-4-6-9-18)32(15-19-20(28)10-7-11-21(19)29)25(34)16-33(38(2,36)37)24-14-17(27)12-13-22(24)30/h7,10-14,18,23H,3-6,8-9,15-16H2,1-2H3,(H,31,35)/t23-/m1/s1. The summed E-state index contributed by atoms with van der Waals surface area (Å²) in [5, 5.41) is 4.10. The van der Waals surface area contributed by atoms with Gasteiger partial charge >= 0.3 is 0 Å². The van der Waals surface area contributed by atoms with Crippen LogP contribution in [0.5, 0.6) is 0 Å². The molecule has 2 aromatic carbocycles. The lowest BCUT2D eigenvalue weighted by molar-refractivity contribution is -0.140. The average molecular weight is 623 g/mol. The van der Waals surface area contributed by atoms with Gasteiger partial charge in [-0.1, -0.05) is 78.7 Å². The van der Waals surface area contributed by atoms with Gasteiger partial charge in [-0.05, 0) is 49.6 Å². The van der Waals surface area contributed by atoms with E-state index in [9.17, 15) is 18.0 Å². The Hall–Kier alpha value is -1.71. The summed E-state index contributed by atoms with van der Waals surface area (Å²) < 4.78 is 26.5. The Labute approximate surface area is 244 Å². The van der Waals surface area contributed by atoms with E-state index in [0.717, 1.165) is 42.7 Å². The van der Waals surface area contributed by atoms with Crippen LogP contribution in [0, 0.1) is 0 Å². The van der Waals surface area contributed by atoms with Crippen LogP contribution in [0.1, 0.15) is 51.0 Å². The lowest BCUT2D eigenvalue weighted by Gasteiger charge is -2.34. The van der Waals surface area contributed by atoms with Gasteiger partial charge in [0, 0.05) is 33.2 Å². The van der Waals surface area contributed by atoms with E-state index in [2.05, 4.69) is 5.32 Å². The van der Waals surface area contributed by atoms with E-state index in [1.807, 2.05) is 0 Å². The molecule has 2 amide bonds. The number of nitrogens with one attached hydrogen (secondary N) is 1. The van der Waals surface area contributed by atoms with Gasteiger partial charge in [0.25, 0.3) is 0 Å². The van der Waals surface area contributed by atoms with Gasteiger partial charge in [-0.25, -0.2) is 8.42 Å². The molecule has 1 aliphatic rings. The molecule has 0 radical (unpaired) electrons. The van der Waals surface area contributed by atoms with E-state index in [-0.39, 0.29) is 34.2 Å². The molecule has 1 fully saturated rings. The molecule has 3 rings (SSSR count). The largest absolute Gasteiger partial charge is 0.352 e. The Kier molecular flexibility index (Phi) is 11.0. The Morgan fingerprint density at radius 1 is 1.00 bits per heavy atom. The van der Waals surface area contributed by atoms with E-state index in [4.69, 9.17) is 46.4 Å². The molecule has 1 atom stereocenters. The van der Waals surface area contributed by atoms with Crippen molar-refractivity contribution in [2.75, 3.05) is 17.1 Å². The summed E-state index contributed by atoms with van der Waals surface area (Å²) in [6, 6.07) is 8.46. The first-order chi connectivity index (χ1) is 17.9. The number of nitrogens with zero attached hydrogens (tertiary/aromatic N) is 2. The molecule has 7 nitrogen and oxygen atoms in total. The fourth-order valence-electron chi connectivity index (χ4n) is 4.59. The van der Waals surface area contributed by atoms with E-state index in [0.29, 0.717) is 22.0 Å². The summed E-state index contributed by atoms with van der Waals surface area (Å²) in [5.74, 6) is -0.921. The fraction of sp³-hybridized carbons (Fsp3) is 0.462. The van der Waals surface area contributed by atoms with Crippen LogP contribution in [-0.4, -0.2) is 50.0 Å². The fourth-order valence-corrected chi connectivity index (χ4v) is 6.40. The third-order valence-electron chi connectivity index (χ3n) is 6.58. The molecule has 0 aliphatic heterocycles. The second kappa shape index (κ2) is 13.6. The van der Waals surface area contributed by atoms with Crippen LogP contribution in [0.15, 0.2) is 36.4 Å². The van der Waals surface area contributed by atoms with Crippen molar-refractivity contribution in [1.29, 1.82) is 0 Å². The average Bonchev–Trinajstić information content (AvgIpc) is 2.85. The summed E-state index contributed by atoms with van der Waals surface area (Å²) in [6.45, 7) is 1.10. The Morgan fingerprint density at radius 3 is 2.21 bits per heavy atom. The quantitative estimate of drug-likeness (QED) is 0.336. The Bertz CT molecular complexity index is 1250. The smallest absolute Gasteiger partial charge is 0.244 e. The number of anilines is 1.